The molecule has 0 unspecified atom stereocenters. The van der Waals surface area contributed by atoms with E-state index >= 15 is 0 Å². The van der Waals surface area contributed by atoms with Gasteiger partial charge in [0, 0.05) is 17.8 Å². The van der Waals surface area contributed by atoms with Crippen molar-refractivity contribution in [3.8, 4) is 11.5 Å². The average Bonchev–Trinajstić information content (AvgIpc) is 3.02. The number of benzene rings is 2. The topological polar surface area (TPSA) is 50.8 Å². The number of hydrogen-bond donors (Lipinski definition) is 1. The molecule has 5 nitrogen and oxygen atoms in total. The van der Waals surface area contributed by atoms with Crippen LogP contribution in [0.25, 0.3) is 0 Å². The lowest BCUT2D eigenvalue weighted by Crippen LogP contribution is -2.30. The van der Waals surface area contributed by atoms with Gasteiger partial charge in [-0.3, -0.25) is 0 Å². The number of methoxy groups -OCH3 is 1. The van der Waals surface area contributed by atoms with E-state index in [0.29, 0.717) is 41.2 Å². The second kappa shape index (κ2) is 7.42. The number of carbonyl (C=O) groups excluding carboxylic acids is 1. The number of rotatable bonds is 4. The fourth-order valence-corrected chi connectivity index (χ4v) is 3.44. The Morgan fingerprint density at radius 1 is 1.24 bits per heavy atom. The first-order chi connectivity index (χ1) is 12.0. The molecular weight excluding hydrogens is 363 g/mol. The number of carbonyl (C=O) groups is 1. The Labute approximate surface area is 156 Å². The van der Waals surface area contributed by atoms with Crippen LogP contribution in [-0.2, 0) is 13.1 Å². The predicted molar refractivity (Wildman–Crippen MR) is 98.9 cm³/mol. The summed E-state index contributed by atoms with van der Waals surface area (Å²) in [6.45, 7) is 3.32. The molecule has 0 spiro atoms. The van der Waals surface area contributed by atoms with E-state index in [1.54, 1.807) is 24.1 Å². The highest BCUT2D eigenvalue weighted by atomic mass is 35.5. The van der Waals surface area contributed by atoms with Gasteiger partial charge in [-0.25, -0.2) is 4.79 Å². The summed E-state index contributed by atoms with van der Waals surface area (Å²) in [6.07, 6.45) is 0. The molecule has 7 heteroatoms. The van der Waals surface area contributed by atoms with E-state index < -0.39 is 0 Å². The predicted octanol–water partition coefficient (Wildman–Crippen LogP) is 4.95. The van der Waals surface area contributed by atoms with Gasteiger partial charge in [0.2, 0.25) is 0 Å². The zero-order valence-electron chi connectivity index (χ0n) is 13.9. The van der Waals surface area contributed by atoms with Gasteiger partial charge in [0.25, 0.3) is 0 Å². The molecule has 0 saturated heterocycles. The van der Waals surface area contributed by atoms with E-state index in [4.69, 9.17) is 32.7 Å². The zero-order chi connectivity index (χ0) is 18.0. The second-order valence-corrected chi connectivity index (χ2v) is 6.40. The lowest BCUT2D eigenvalue weighted by atomic mass is 10.1. The van der Waals surface area contributed by atoms with Crippen molar-refractivity contribution in [3.63, 3.8) is 0 Å². The quantitative estimate of drug-likeness (QED) is 0.816. The van der Waals surface area contributed by atoms with Gasteiger partial charge in [0.1, 0.15) is 5.75 Å². The molecule has 0 aliphatic carbocycles. The zero-order valence-corrected chi connectivity index (χ0v) is 15.4. The number of nitrogens with zero attached hydrogens (tertiary/aromatic N) is 1. The Hall–Kier alpha value is -2.11. The first kappa shape index (κ1) is 17.7. The molecule has 2 amide bonds. The molecule has 1 aliphatic heterocycles. The van der Waals surface area contributed by atoms with E-state index in [1.165, 1.54) is 0 Å². The minimum Gasteiger partial charge on any atom is -0.496 e. The lowest BCUT2D eigenvalue weighted by Gasteiger charge is -2.17. The van der Waals surface area contributed by atoms with Crippen LogP contribution in [0.3, 0.4) is 0 Å². The summed E-state index contributed by atoms with van der Waals surface area (Å²) in [5.41, 5.74) is 2.63. The highest BCUT2D eigenvalue weighted by Crippen LogP contribution is 2.36. The van der Waals surface area contributed by atoms with Gasteiger partial charge in [-0.15, -0.1) is 0 Å². The first-order valence-corrected chi connectivity index (χ1v) is 8.61. The molecule has 132 valence electrons. The van der Waals surface area contributed by atoms with Crippen molar-refractivity contribution in [2.24, 2.45) is 0 Å². The van der Waals surface area contributed by atoms with Crippen molar-refractivity contribution in [2.75, 3.05) is 19.0 Å². The summed E-state index contributed by atoms with van der Waals surface area (Å²) in [6, 6.07) is 8.84. The molecule has 2 aromatic carbocycles. The highest BCUT2D eigenvalue weighted by molar-refractivity contribution is 6.37. The van der Waals surface area contributed by atoms with Crippen molar-refractivity contribution in [1.29, 1.82) is 0 Å². The summed E-state index contributed by atoms with van der Waals surface area (Å²) in [5.74, 6) is 1.21. The smallest absolute Gasteiger partial charge is 0.322 e. The normalized spacial score (nSPS) is 12.7. The van der Waals surface area contributed by atoms with Crippen LogP contribution in [0.4, 0.5) is 10.5 Å². The number of urea groups is 1. The number of fused-ring (bicyclic) bond motifs is 1. The standard InChI is InChI=1S/C18H18Cl2N2O3/c1-3-25-17-14(19)7-12(8-15(17)20)21-18(23)22-9-11-5-4-6-16(24-2)13(11)10-22/h4-8H,3,9-10H2,1-2H3,(H,21,23). The molecule has 1 heterocycles. The van der Waals surface area contributed by atoms with Crippen LogP contribution in [-0.4, -0.2) is 24.6 Å². The minimum atomic E-state index is -0.227. The van der Waals surface area contributed by atoms with Crippen molar-refractivity contribution < 1.29 is 14.3 Å². The number of halogens is 2. The summed E-state index contributed by atoms with van der Waals surface area (Å²) >= 11 is 12.4. The maximum Gasteiger partial charge on any atom is 0.322 e. The van der Waals surface area contributed by atoms with Gasteiger partial charge >= 0.3 is 6.03 Å². The number of amides is 2. The van der Waals surface area contributed by atoms with Crippen molar-refractivity contribution in [3.05, 3.63) is 51.5 Å². The molecule has 3 rings (SSSR count). The third-order valence-corrected chi connectivity index (χ3v) is 4.55. The molecular formula is C18H18Cl2N2O3. The number of ether oxygens (including phenoxy) is 2. The van der Waals surface area contributed by atoms with Gasteiger partial charge < -0.3 is 19.7 Å². The number of hydrogen-bond acceptors (Lipinski definition) is 3. The Morgan fingerprint density at radius 2 is 1.96 bits per heavy atom. The molecule has 0 saturated carbocycles. The van der Waals surface area contributed by atoms with Crippen LogP contribution in [0.2, 0.25) is 10.0 Å². The number of nitrogens with one attached hydrogen (secondary N) is 1. The molecule has 0 atom stereocenters. The largest absolute Gasteiger partial charge is 0.496 e. The second-order valence-electron chi connectivity index (χ2n) is 5.59. The SMILES string of the molecule is CCOc1c(Cl)cc(NC(=O)N2Cc3cccc(OC)c3C2)cc1Cl. The Kier molecular flexibility index (Phi) is 5.25. The van der Waals surface area contributed by atoms with E-state index in [1.807, 2.05) is 25.1 Å². The fourth-order valence-electron chi connectivity index (χ4n) is 2.84. The van der Waals surface area contributed by atoms with Crippen molar-refractivity contribution in [1.82, 2.24) is 4.90 Å². The molecule has 0 fully saturated rings. The van der Waals surface area contributed by atoms with Gasteiger partial charge in [0.05, 0.1) is 30.3 Å². The Morgan fingerprint density at radius 3 is 2.60 bits per heavy atom. The summed E-state index contributed by atoms with van der Waals surface area (Å²) in [4.78, 5) is 14.3. The monoisotopic (exact) mass is 380 g/mol. The van der Waals surface area contributed by atoms with Gasteiger partial charge in [-0.2, -0.15) is 0 Å². The van der Waals surface area contributed by atoms with Crippen LogP contribution in [0.1, 0.15) is 18.1 Å². The fraction of sp³-hybridized carbons (Fsp3) is 0.278. The molecule has 1 N–H and O–H groups in total. The molecule has 0 aromatic heterocycles. The van der Waals surface area contributed by atoms with E-state index in [2.05, 4.69) is 5.32 Å². The average molecular weight is 381 g/mol. The highest BCUT2D eigenvalue weighted by Gasteiger charge is 2.26. The van der Waals surface area contributed by atoms with Gasteiger partial charge in [-0.05, 0) is 30.7 Å². The van der Waals surface area contributed by atoms with Crippen LogP contribution in [0.5, 0.6) is 11.5 Å². The van der Waals surface area contributed by atoms with Crippen LogP contribution < -0.4 is 14.8 Å². The van der Waals surface area contributed by atoms with E-state index in [9.17, 15) is 4.79 Å². The van der Waals surface area contributed by atoms with Gasteiger partial charge in [0.15, 0.2) is 5.75 Å². The van der Waals surface area contributed by atoms with E-state index in [0.717, 1.165) is 16.9 Å². The van der Waals surface area contributed by atoms with Crippen LogP contribution >= 0.6 is 23.2 Å². The third kappa shape index (κ3) is 3.62. The van der Waals surface area contributed by atoms with Crippen molar-refractivity contribution in [2.45, 2.75) is 20.0 Å². The molecule has 2 aromatic rings. The van der Waals surface area contributed by atoms with Crippen LogP contribution in [0, 0.1) is 0 Å². The lowest BCUT2D eigenvalue weighted by molar-refractivity contribution is 0.212. The number of anilines is 1. The van der Waals surface area contributed by atoms with Gasteiger partial charge in [-0.1, -0.05) is 35.3 Å². The first-order valence-electron chi connectivity index (χ1n) is 7.86. The molecule has 25 heavy (non-hydrogen) atoms. The van der Waals surface area contributed by atoms with Crippen LogP contribution in [0.15, 0.2) is 30.3 Å². The summed E-state index contributed by atoms with van der Waals surface area (Å²) in [5, 5.41) is 3.54. The Bertz CT molecular complexity index is 788. The molecule has 0 radical (unpaired) electrons. The summed E-state index contributed by atoms with van der Waals surface area (Å²) < 4.78 is 10.8. The minimum absolute atomic E-state index is 0.227. The molecule has 1 aliphatic rings. The summed E-state index contributed by atoms with van der Waals surface area (Å²) in [7, 11) is 1.63. The third-order valence-electron chi connectivity index (χ3n) is 3.99. The van der Waals surface area contributed by atoms with E-state index in [-0.39, 0.29) is 6.03 Å². The maximum atomic E-state index is 12.6. The van der Waals surface area contributed by atoms with Crippen molar-refractivity contribution >= 4 is 34.9 Å². The maximum absolute atomic E-state index is 12.6. The Balaban J connectivity index is 1.74. The molecule has 0 bridgehead atoms.